The topological polar surface area (TPSA) is 258 Å². The molecule has 0 radical (unpaired) electrons. The van der Waals surface area contributed by atoms with Crippen LogP contribution >= 0.6 is 0 Å². The fourth-order valence-electron chi connectivity index (χ4n) is 4.46. The van der Waals surface area contributed by atoms with Crippen molar-refractivity contribution < 1.29 is 14.3 Å². The van der Waals surface area contributed by atoms with Gasteiger partial charge in [0, 0.05) is 18.1 Å². The van der Waals surface area contributed by atoms with Gasteiger partial charge < -0.3 is 38.4 Å². The van der Waals surface area contributed by atoms with Gasteiger partial charge in [-0.1, -0.05) is 60.7 Å². The molecule has 0 bridgehead atoms. The van der Waals surface area contributed by atoms with Crippen LogP contribution in [0.4, 0.5) is 29.4 Å². The van der Waals surface area contributed by atoms with Crippen LogP contribution in [0.2, 0.25) is 0 Å². The highest BCUT2D eigenvalue weighted by Gasteiger charge is 2.24. The monoisotopic (exact) mass is 626 g/mol. The van der Waals surface area contributed by atoms with Crippen molar-refractivity contribution in [3.05, 3.63) is 99.3 Å². The molecule has 14 nitrogen and oxygen atoms in total. The number of nitrogens with one attached hydrogen (secondary N) is 1. The van der Waals surface area contributed by atoms with Crippen LogP contribution in [-0.4, -0.2) is 43.3 Å². The van der Waals surface area contributed by atoms with E-state index in [0.717, 1.165) is 16.7 Å². The van der Waals surface area contributed by atoms with Gasteiger partial charge in [0.2, 0.25) is 11.9 Å². The minimum Gasteiger partial charge on any atom is -0.465 e. The normalized spacial score (nSPS) is 10.9. The molecule has 240 valence electrons. The summed E-state index contributed by atoms with van der Waals surface area (Å²) in [4.78, 5) is 53.1. The van der Waals surface area contributed by atoms with Crippen LogP contribution in [0.1, 0.15) is 36.1 Å². The van der Waals surface area contributed by atoms with Gasteiger partial charge in [-0.15, -0.1) is 0 Å². The van der Waals surface area contributed by atoms with E-state index in [-0.39, 0.29) is 29.1 Å². The molecule has 5 rings (SSSR count). The smallest absolute Gasteiger partial charge is 0.316 e. The van der Waals surface area contributed by atoms with Crippen molar-refractivity contribution in [3.63, 3.8) is 0 Å². The number of benzene rings is 2. The molecular formula is C32H38N10O4. The quantitative estimate of drug-likeness (QED) is 0.112. The Morgan fingerprint density at radius 3 is 1.89 bits per heavy atom. The number of esters is 1. The number of carbonyl (C=O) groups excluding carboxylic acids is 2. The van der Waals surface area contributed by atoms with Crippen LogP contribution in [0, 0.1) is 12.8 Å². The summed E-state index contributed by atoms with van der Waals surface area (Å²) < 4.78 is 4.88. The third kappa shape index (κ3) is 9.74. The Morgan fingerprint density at radius 1 is 0.826 bits per heavy atom. The van der Waals surface area contributed by atoms with Crippen molar-refractivity contribution in [2.24, 2.45) is 5.92 Å². The lowest BCUT2D eigenvalue weighted by Crippen LogP contribution is -2.26. The van der Waals surface area contributed by atoms with Crippen LogP contribution in [0.15, 0.2) is 71.5 Å². The third-order valence-corrected chi connectivity index (χ3v) is 6.64. The minimum absolute atomic E-state index is 0.0471. The first-order valence-electron chi connectivity index (χ1n) is 14.2. The Labute approximate surface area is 265 Å². The van der Waals surface area contributed by atoms with E-state index in [9.17, 15) is 14.4 Å². The molecule has 0 aliphatic heterocycles. The molecule has 3 heterocycles. The molecule has 2 aromatic carbocycles. The van der Waals surface area contributed by atoms with E-state index in [2.05, 4.69) is 24.9 Å². The van der Waals surface area contributed by atoms with Crippen LogP contribution in [0.5, 0.6) is 0 Å². The summed E-state index contributed by atoms with van der Waals surface area (Å²) in [6.45, 7) is 5.31. The number of rotatable bonds is 7. The minimum atomic E-state index is -0.678. The number of pyridine rings is 1. The fourth-order valence-corrected chi connectivity index (χ4v) is 4.46. The zero-order valence-electron chi connectivity index (χ0n) is 25.9. The maximum absolute atomic E-state index is 12.3. The lowest BCUT2D eigenvalue weighted by atomic mass is 9.96. The maximum Gasteiger partial charge on any atom is 0.316 e. The van der Waals surface area contributed by atoms with Gasteiger partial charge >= 0.3 is 5.97 Å². The summed E-state index contributed by atoms with van der Waals surface area (Å²) in [5, 5.41) is 0.648. The molecule has 5 aromatic rings. The lowest BCUT2D eigenvalue weighted by Gasteiger charge is -2.12. The van der Waals surface area contributed by atoms with E-state index in [0.29, 0.717) is 47.7 Å². The molecule has 0 aliphatic rings. The Morgan fingerprint density at radius 2 is 1.37 bits per heavy atom. The molecule has 0 fully saturated rings. The second kappa shape index (κ2) is 16.1. The fraction of sp³-hybridized carbons (Fsp3) is 0.219. The van der Waals surface area contributed by atoms with Gasteiger partial charge in [-0.05, 0) is 43.9 Å². The average molecular weight is 627 g/mol. The average Bonchev–Trinajstić information content (AvgIpc) is 2.98. The van der Waals surface area contributed by atoms with E-state index in [1.54, 1.807) is 6.92 Å². The van der Waals surface area contributed by atoms with Crippen LogP contribution in [0.25, 0.3) is 11.0 Å². The van der Waals surface area contributed by atoms with Crippen LogP contribution < -0.4 is 34.2 Å². The predicted molar refractivity (Wildman–Crippen MR) is 179 cm³/mol. The number of hydrogen-bond donors (Lipinski definition) is 6. The summed E-state index contributed by atoms with van der Waals surface area (Å²) >= 11 is 0. The second-order valence-corrected chi connectivity index (χ2v) is 10.1. The zero-order valence-corrected chi connectivity index (χ0v) is 25.9. The number of hydrogen-bond acceptors (Lipinski definition) is 13. The molecule has 1 atom stereocenters. The molecule has 0 spiro atoms. The zero-order chi connectivity index (χ0) is 33.8. The van der Waals surface area contributed by atoms with Crippen molar-refractivity contribution in [2.45, 2.75) is 33.6 Å². The molecule has 11 N–H and O–H groups in total. The number of fused-ring (bicyclic) bond motifs is 1. The number of Topliss-reactive ketones (excluding diaryl/α,β-unsaturated/α-hetero) is 1. The second-order valence-electron chi connectivity index (χ2n) is 10.1. The highest BCUT2D eigenvalue weighted by molar-refractivity contribution is 5.98. The first kappa shape index (κ1) is 34.4. The number of nitrogens with two attached hydrogens (primary N) is 5. The highest BCUT2D eigenvalue weighted by Crippen LogP contribution is 2.23. The Kier molecular flexibility index (Phi) is 12.1. The molecular weight excluding hydrogens is 588 g/mol. The summed E-state index contributed by atoms with van der Waals surface area (Å²) in [6, 6.07) is 20.7. The van der Waals surface area contributed by atoms with Crippen molar-refractivity contribution in [3.8, 4) is 0 Å². The summed E-state index contributed by atoms with van der Waals surface area (Å²) in [5.41, 5.74) is 30.8. The molecule has 0 amide bonds. The predicted octanol–water partition coefficient (Wildman–Crippen LogP) is 2.60. The number of H-pyrrole nitrogens is 1. The van der Waals surface area contributed by atoms with Gasteiger partial charge in [0.1, 0.15) is 34.8 Å². The number of aryl methyl sites for hydroxylation is 1. The standard InChI is InChI=1S/C15H15N5O.C13H16O3.C4H7N5/c1-8-10(7-9-5-3-2-4-6-9)14(21)19-13-11(8)12(16)18-15(17)20-13;1-3-16-13(15)12(10(2)14)9-11-7-5-4-6-8-11;5-2-1-3(6)9-4(7)8-2/h2-6H,7H2,1H3,(H5,16,17,18,19,20,21);4-8,12H,3,9H2,1-2H3;1H,(H6,5,6,7,8,9). The van der Waals surface area contributed by atoms with E-state index in [1.165, 1.54) is 13.0 Å². The Balaban J connectivity index is 0.000000204. The summed E-state index contributed by atoms with van der Waals surface area (Å²) in [6.07, 6.45) is 0.941. The van der Waals surface area contributed by atoms with E-state index < -0.39 is 11.9 Å². The number of carbonyl (C=O) groups is 2. The largest absolute Gasteiger partial charge is 0.465 e. The molecule has 0 saturated carbocycles. The molecule has 14 heteroatoms. The molecule has 3 aromatic heterocycles. The lowest BCUT2D eigenvalue weighted by molar-refractivity contribution is -0.151. The number of ketones is 1. The van der Waals surface area contributed by atoms with Gasteiger partial charge in [-0.25, -0.2) is 0 Å². The van der Waals surface area contributed by atoms with E-state index >= 15 is 0 Å². The summed E-state index contributed by atoms with van der Waals surface area (Å²) in [7, 11) is 0. The number of ether oxygens (including phenoxy) is 1. The van der Waals surface area contributed by atoms with Gasteiger partial charge in [0.15, 0.2) is 0 Å². The van der Waals surface area contributed by atoms with Crippen molar-refractivity contribution in [1.29, 1.82) is 0 Å². The van der Waals surface area contributed by atoms with E-state index in [1.807, 2.05) is 67.6 Å². The van der Waals surface area contributed by atoms with Gasteiger partial charge in [0.05, 0.1) is 12.0 Å². The SMILES string of the molecule is CCOC(=O)C(Cc1ccccc1)C(C)=O.Cc1c(Cc2ccccc2)c(=O)[nH]c2nc(N)nc(N)c12.Nc1cc(N)nc(N)n1. The number of nitrogen functional groups attached to an aromatic ring is 5. The Bertz CT molecular complexity index is 1800. The number of aromatic amines is 1. The molecule has 0 saturated heterocycles. The third-order valence-electron chi connectivity index (χ3n) is 6.64. The summed E-state index contributed by atoms with van der Waals surface area (Å²) in [5.74, 6) is -0.248. The number of aromatic nitrogens is 5. The van der Waals surface area contributed by atoms with Crippen LogP contribution in [0.3, 0.4) is 0 Å². The molecule has 1 unspecified atom stereocenters. The molecule has 46 heavy (non-hydrogen) atoms. The number of nitrogens with zero attached hydrogens (tertiary/aromatic N) is 4. The van der Waals surface area contributed by atoms with E-state index in [4.69, 9.17) is 33.4 Å². The maximum atomic E-state index is 12.3. The van der Waals surface area contributed by atoms with Crippen molar-refractivity contribution in [1.82, 2.24) is 24.9 Å². The van der Waals surface area contributed by atoms with Gasteiger partial charge in [-0.2, -0.15) is 19.9 Å². The molecule has 0 aliphatic carbocycles. The highest BCUT2D eigenvalue weighted by atomic mass is 16.5. The van der Waals surface area contributed by atoms with Gasteiger partial charge in [-0.3, -0.25) is 14.4 Å². The van der Waals surface area contributed by atoms with Crippen LogP contribution in [-0.2, 0) is 27.2 Å². The Hall–Kier alpha value is -6.05. The van der Waals surface area contributed by atoms with Crippen molar-refractivity contribution in [2.75, 3.05) is 35.3 Å². The van der Waals surface area contributed by atoms with Gasteiger partial charge in [0.25, 0.3) is 5.56 Å². The van der Waals surface area contributed by atoms with Crippen molar-refractivity contribution >= 4 is 52.1 Å². The first-order valence-corrected chi connectivity index (χ1v) is 14.2. The number of anilines is 5. The first-order chi connectivity index (χ1) is 21.9.